The highest BCUT2D eigenvalue weighted by atomic mass is 16.3. The number of nitrogens with two attached hydrogens (primary N) is 2. The van der Waals surface area contributed by atoms with Gasteiger partial charge in [0, 0.05) is 18.2 Å². The summed E-state index contributed by atoms with van der Waals surface area (Å²) < 4.78 is 0. The number of benzene rings is 1. The van der Waals surface area contributed by atoms with E-state index in [0.29, 0.717) is 11.8 Å². The number of para-hydroxylation sites is 1. The van der Waals surface area contributed by atoms with Crippen molar-refractivity contribution in [2.24, 2.45) is 11.5 Å². The molecule has 0 aromatic heterocycles. The first-order chi connectivity index (χ1) is 6.20. The van der Waals surface area contributed by atoms with E-state index in [1.165, 1.54) is 6.07 Å². The predicted octanol–water partition coefficient (Wildman–Crippen LogP) is 0.163. The lowest BCUT2D eigenvalue weighted by Gasteiger charge is -2.11. The molecule has 1 atom stereocenters. The molecule has 70 valence electrons. The number of rotatable bonds is 3. The highest BCUT2D eigenvalue weighted by molar-refractivity contribution is 5.80. The molecule has 0 radical (unpaired) electrons. The molecule has 1 aromatic rings. The van der Waals surface area contributed by atoms with Gasteiger partial charge in [-0.05, 0) is 6.07 Å². The smallest absolute Gasteiger partial charge is 0.153 e. The van der Waals surface area contributed by atoms with Gasteiger partial charge in [-0.1, -0.05) is 12.1 Å². The van der Waals surface area contributed by atoms with Crippen molar-refractivity contribution < 1.29 is 9.90 Å². The summed E-state index contributed by atoms with van der Waals surface area (Å²) in [4.78, 5) is 10.5. The van der Waals surface area contributed by atoms with Crippen LogP contribution >= 0.6 is 0 Å². The zero-order valence-electron chi connectivity index (χ0n) is 7.10. The van der Waals surface area contributed by atoms with Gasteiger partial charge in [-0.2, -0.15) is 0 Å². The highest BCUT2D eigenvalue weighted by Gasteiger charge is 2.11. The molecule has 4 nitrogen and oxygen atoms in total. The number of aldehydes is 1. The summed E-state index contributed by atoms with van der Waals surface area (Å²) in [5, 5.41) is 9.52. The second-order valence-electron chi connectivity index (χ2n) is 2.75. The van der Waals surface area contributed by atoms with Gasteiger partial charge in [0.25, 0.3) is 0 Å². The zero-order chi connectivity index (χ0) is 9.84. The minimum absolute atomic E-state index is 0.0737. The first-order valence-electron chi connectivity index (χ1n) is 3.93. The van der Waals surface area contributed by atoms with E-state index in [2.05, 4.69) is 0 Å². The summed E-state index contributed by atoms with van der Waals surface area (Å²) in [6.45, 7) is 0.232. The minimum atomic E-state index is -0.431. The molecule has 4 heteroatoms. The Morgan fingerprint density at radius 2 is 2.23 bits per heavy atom. The van der Waals surface area contributed by atoms with E-state index in [1.807, 2.05) is 0 Å². The Bertz CT molecular complexity index is 312. The van der Waals surface area contributed by atoms with Crippen LogP contribution in [-0.4, -0.2) is 17.9 Å². The lowest BCUT2D eigenvalue weighted by molar-refractivity contribution is 0.112. The maximum Gasteiger partial charge on any atom is 0.153 e. The molecule has 5 N–H and O–H groups in total. The van der Waals surface area contributed by atoms with Gasteiger partial charge in [0.2, 0.25) is 0 Å². The van der Waals surface area contributed by atoms with E-state index in [9.17, 15) is 9.90 Å². The molecule has 0 aliphatic carbocycles. The molecule has 0 saturated carbocycles. The van der Waals surface area contributed by atoms with Crippen molar-refractivity contribution in [2.45, 2.75) is 6.04 Å². The number of phenols is 1. The summed E-state index contributed by atoms with van der Waals surface area (Å²) in [7, 11) is 0. The number of hydrogen-bond acceptors (Lipinski definition) is 4. The molecule has 1 aromatic carbocycles. The maximum atomic E-state index is 10.5. The van der Waals surface area contributed by atoms with Gasteiger partial charge in [0.05, 0.1) is 5.56 Å². The first-order valence-corrected chi connectivity index (χ1v) is 3.93. The van der Waals surface area contributed by atoms with Crippen LogP contribution in [0.25, 0.3) is 0 Å². The molecular weight excluding hydrogens is 168 g/mol. The third-order valence-corrected chi connectivity index (χ3v) is 1.88. The molecule has 0 heterocycles. The summed E-state index contributed by atoms with van der Waals surface area (Å²) >= 11 is 0. The number of carbonyl (C=O) groups is 1. The van der Waals surface area contributed by atoms with Gasteiger partial charge in [-0.15, -0.1) is 0 Å². The standard InChI is InChI=1S/C9H12N2O2/c10-4-8(11)7-3-1-2-6(5-12)9(7)13/h1-3,5,8,13H,4,10-11H2. The molecule has 0 aliphatic rings. The lowest BCUT2D eigenvalue weighted by Crippen LogP contribution is -2.20. The van der Waals surface area contributed by atoms with Gasteiger partial charge in [-0.25, -0.2) is 0 Å². The van der Waals surface area contributed by atoms with Crippen LogP contribution in [0.2, 0.25) is 0 Å². The maximum absolute atomic E-state index is 10.5. The third-order valence-electron chi connectivity index (χ3n) is 1.88. The van der Waals surface area contributed by atoms with E-state index in [-0.39, 0.29) is 17.9 Å². The van der Waals surface area contributed by atoms with Gasteiger partial charge in [0.1, 0.15) is 5.75 Å². The molecular formula is C9H12N2O2. The third kappa shape index (κ3) is 1.85. The fraction of sp³-hybridized carbons (Fsp3) is 0.222. The average molecular weight is 180 g/mol. The number of carbonyl (C=O) groups excluding carboxylic acids is 1. The van der Waals surface area contributed by atoms with Crippen LogP contribution in [-0.2, 0) is 0 Å². The number of aromatic hydroxyl groups is 1. The molecule has 13 heavy (non-hydrogen) atoms. The fourth-order valence-electron chi connectivity index (χ4n) is 1.10. The van der Waals surface area contributed by atoms with Crippen molar-refractivity contribution in [3.8, 4) is 5.75 Å². The van der Waals surface area contributed by atoms with Crippen molar-refractivity contribution in [1.29, 1.82) is 0 Å². The van der Waals surface area contributed by atoms with Crippen molar-refractivity contribution in [2.75, 3.05) is 6.54 Å². The molecule has 0 saturated heterocycles. The van der Waals surface area contributed by atoms with E-state index < -0.39 is 6.04 Å². The molecule has 0 amide bonds. The normalized spacial score (nSPS) is 12.5. The number of hydrogen-bond donors (Lipinski definition) is 3. The summed E-state index contributed by atoms with van der Waals surface area (Å²) in [6, 6.07) is 4.41. The Morgan fingerprint density at radius 3 is 2.77 bits per heavy atom. The van der Waals surface area contributed by atoms with Crippen LogP contribution < -0.4 is 11.5 Å². The van der Waals surface area contributed by atoms with Crippen molar-refractivity contribution in [1.82, 2.24) is 0 Å². The van der Waals surface area contributed by atoms with E-state index >= 15 is 0 Å². The van der Waals surface area contributed by atoms with Crippen LogP contribution in [0.4, 0.5) is 0 Å². The average Bonchev–Trinajstić information content (AvgIpc) is 2.17. The minimum Gasteiger partial charge on any atom is -0.507 e. The Balaban J connectivity index is 3.15. The van der Waals surface area contributed by atoms with Gasteiger partial charge < -0.3 is 16.6 Å². The Labute approximate surface area is 76.2 Å². The summed E-state index contributed by atoms with van der Waals surface area (Å²) in [5.74, 6) is -0.0737. The van der Waals surface area contributed by atoms with E-state index in [4.69, 9.17) is 11.5 Å². The molecule has 0 spiro atoms. The first kappa shape index (κ1) is 9.70. The quantitative estimate of drug-likeness (QED) is 0.578. The molecule has 0 bridgehead atoms. The summed E-state index contributed by atoms with van der Waals surface area (Å²) in [5.41, 5.74) is 11.7. The number of phenolic OH excluding ortho intramolecular Hbond substituents is 1. The highest BCUT2D eigenvalue weighted by Crippen LogP contribution is 2.24. The van der Waals surface area contributed by atoms with Gasteiger partial charge in [0.15, 0.2) is 6.29 Å². The van der Waals surface area contributed by atoms with Crippen LogP contribution in [0.1, 0.15) is 22.0 Å². The molecule has 1 unspecified atom stereocenters. The van der Waals surface area contributed by atoms with Gasteiger partial charge >= 0.3 is 0 Å². The Kier molecular flexibility index (Phi) is 3.00. The summed E-state index contributed by atoms with van der Waals surface area (Å²) in [6.07, 6.45) is 0.585. The van der Waals surface area contributed by atoms with E-state index in [0.717, 1.165) is 0 Å². The van der Waals surface area contributed by atoms with Gasteiger partial charge in [-0.3, -0.25) is 4.79 Å². The zero-order valence-corrected chi connectivity index (χ0v) is 7.10. The lowest BCUT2D eigenvalue weighted by atomic mass is 10.0. The predicted molar refractivity (Wildman–Crippen MR) is 49.5 cm³/mol. The van der Waals surface area contributed by atoms with Crippen LogP contribution in [0, 0.1) is 0 Å². The SMILES string of the molecule is NCC(N)c1cccc(C=O)c1O. The molecule has 1 rings (SSSR count). The Morgan fingerprint density at radius 1 is 1.54 bits per heavy atom. The molecule has 0 aliphatic heterocycles. The van der Waals surface area contributed by atoms with Crippen molar-refractivity contribution >= 4 is 6.29 Å². The van der Waals surface area contributed by atoms with Crippen molar-refractivity contribution in [3.63, 3.8) is 0 Å². The largest absolute Gasteiger partial charge is 0.507 e. The topological polar surface area (TPSA) is 89.3 Å². The molecule has 0 fully saturated rings. The van der Waals surface area contributed by atoms with Crippen LogP contribution in [0.15, 0.2) is 18.2 Å². The Hall–Kier alpha value is -1.39. The fourth-order valence-corrected chi connectivity index (χ4v) is 1.10. The van der Waals surface area contributed by atoms with Crippen LogP contribution in [0.5, 0.6) is 5.75 Å². The van der Waals surface area contributed by atoms with E-state index in [1.54, 1.807) is 12.1 Å². The monoisotopic (exact) mass is 180 g/mol. The second-order valence-corrected chi connectivity index (χ2v) is 2.75. The van der Waals surface area contributed by atoms with Crippen molar-refractivity contribution in [3.05, 3.63) is 29.3 Å². The van der Waals surface area contributed by atoms with Crippen LogP contribution in [0.3, 0.4) is 0 Å². The second kappa shape index (κ2) is 4.02.